The van der Waals surface area contributed by atoms with Crippen molar-refractivity contribution in [3.05, 3.63) is 36.0 Å². The molecule has 0 atom stereocenters. The lowest BCUT2D eigenvalue weighted by Gasteiger charge is -2.37. The molecule has 1 amide bonds. The molecule has 2 fully saturated rings. The average molecular weight is 328 g/mol. The predicted octanol–water partition coefficient (Wildman–Crippen LogP) is 2.28. The van der Waals surface area contributed by atoms with Crippen LogP contribution in [0.25, 0.3) is 10.9 Å². The van der Waals surface area contributed by atoms with Crippen molar-refractivity contribution in [1.29, 1.82) is 0 Å². The zero-order chi connectivity index (χ0) is 16.7. The third-order valence-electron chi connectivity index (χ3n) is 4.91. The summed E-state index contributed by atoms with van der Waals surface area (Å²) in [6.45, 7) is 3.94. The molecule has 2 saturated heterocycles. The van der Waals surface area contributed by atoms with E-state index in [4.69, 9.17) is 9.47 Å². The molecule has 0 bridgehead atoms. The van der Waals surface area contributed by atoms with E-state index in [1.807, 2.05) is 29.2 Å². The number of piperidine rings is 1. The first kappa shape index (κ1) is 15.4. The van der Waals surface area contributed by atoms with Gasteiger partial charge in [0.25, 0.3) is 5.91 Å². The first-order valence-corrected chi connectivity index (χ1v) is 8.28. The lowest BCUT2D eigenvalue weighted by molar-refractivity contribution is -0.181. The topological polar surface area (TPSA) is 60.8 Å². The number of nitrogens with zero attached hydrogens (tertiary/aromatic N) is 2. The van der Waals surface area contributed by atoms with Crippen molar-refractivity contribution in [2.24, 2.45) is 0 Å². The highest BCUT2D eigenvalue weighted by atomic mass is 16.7. The standard InChI is InChI=1S/C18H20N2O4/c1-13(21)20-12-15(14-4-2-3-5-16(14)20)17(22)19-8-6-18(7-9-19)23-10-11-24-18/h2-5,12H,6-11H2,1H3. The molecule has 2 aliphatic rings. The van der Waals surface area contributed by atoms with Crippen molar-refractivity contribution >= 4 is 22.7 Å². The van der Waals surface area contributed by atoms with Gasteiger partial charge in [0.1, 0.15) is 0 Å². The fourth-order valence-electron chi connectivity index (χ4n) is 3.62. The summed E-state index contributed by atoms with van der Waals surface area (Å²) in [7, 11) is 0. The van der Waals surface area contributed by atoms with Gasteiger partial charge in [0, 0.05) is 44.4 Å². The summed E-state index contributed by atoms with van der Waals surface area (Å²) in [6.07, 6.45) is 3.02. The molecule has 2 aliphatic heterocycles. The molecule has 0 unspecified atom stereocenters. The molecule has 3 heterocycles. The molecule has 0 saturated carbocycles. The molecule has 0 radical (unpaired) electrons. The highest BCUT2D eigenvalue weighted by Gasteiger charge is 2.41. The van der Waals surface area contributed by atoms with E-state index in [9.17, 15) is 9.59 Å². The van der Waals surface area contributed by atoms with Crippen LogP contribution in [0.2, 0.25) is 0 Å². The lowest BCUT2D eigenvalue weighted by atomic mass is 10.0. The van der Waals surface area contributed by atoms with Crippen molar-refractivity contribution in [1.82, 2.24) is 9.47 Å². The number of carbonyl (C=O) groups excluding carboxylic acids is 2. The fraction of sp³-hybridized carbons (Fsp3) is 0.444. The van der Waals surface area contributed by atoms with Crippen LogP contribution in [0.15, 0.2) is 30.5 Å². The molecule has 6 nitrogen and oxygen atoms in total. The normalized spacial score (nSPS) is 20.0. The van der Waals surface area contributed by atoms with Crippen molar-refractivity contribution in [2.75, 3.05) is 26.3 Å². The number of hydrogen-bond donors (Lipinski definition) is 0. The Morgan fingerprint density at radius 3 is 2.42 bits per heavy atom. The Kier molecular flexibility index (Phi) is 3.66. The summed E-state index contributed by atoms with van der Waals surface area (Å²) in [5.41, 5.74) is 1.34. The molecule has 1 spiro atoms. The molecule has 1 aromatic heterocycles. The zero-order valence-corrected chi connectivity index (χ0v) is 13.7. The molecule has 24 heavy (non-hydrogen) atoms. The highest BCUT2D eigenvalue weighted by Crippen LogP contribution is 2.32. The van der Waals surface area contributed by atoms with Gasteiger partial charge in [0.05, 0.1) is 24.3 Å². The first-order chi connectivity index (χ1) is 11.6. The van der Waals surface area contributed by atoms with Gasteiger partial charge in [-0.2, -0.15) is 0 Å². The van der Waals surface area contributed by atoms with Gasteiger partial charge in [-0.3, -0.25) is 14.2 Å². The maximum absolute atomic E-state index is 13.0. The maximum Gasteiger partial charge on any atom is 0.256 e. The molecule has 126 valence electrons. The number of rotatable bonds is 1. The van der Waals surface area contributed by atoms with Gasteiger partial charge in [-0.1, -0.05) is 18.2 Å². The minimum Gasteiger partial charge on any atom is -0.347 e. The second kappa shape index (κ2) is 5.72. The fourth-order valence-corrected chi connectivity index (χ4v) is 3.62. The molecule has 6 heteroatoms. The number of amides is 1. The second-order valence-corrected chi connectivity index (χ2v) is 6.35. The van der Waals surface area contributed by atoms with Gasteiger partial charge in [0.2, 0.25) is 5.91 Å². The van der Waals surface area contributed by atoms with Crippen LogP contribution in [0.1, 0.15) is 34.9 Å². The van der Waals surface area contributed by atoms with E-state index in [0.29, 0.717) is 44.7 Å². The Bertz CT molecular complexity index is 794. The monoisotopic (exact) mass is 328 g/mol. The lowest BCUT2D eigenvalue weighted by Crippen LogP contribution is -2.47. The number of fused-ring (bicyclic) bond motifs is 1. The Morgan fingerprint density at radius 2 is 1.75 bits per heavy atom. The van der Waals surface area contributed by atoms with Crippen LogP contribution >= 0.6 is 0 Å². The Hall–Kier alpha value is -2.18. The Labute approximate surface area is 139 Å². The van der Waals surface area contributed by atoms with Crippen molar-refractivity contribution in [3.63, 3.8) is 0 Å². The van der Waals surface area contributed by atoms with Crippen LogP contribution in [0.3, 0.4) is 0 Å². The minimum atomic E-state index is -0.496. The van der Waals surface area contributed by atoms with E-state index >= 15 is 0 Å². The molecular formula is C18H20N2O4. The van der Waals surface area contributed by atoms with Crippen LogP contribution in [-0.4, -0.2) is 53.4 Å². The number of hydrogen-bond acceptors (Lipinski definition) is 4. The van der Waals surface area contributed by atoms with Crippen LogP contribution < -0.4 is 0 Å². The average Bonchev–Trinajstić information content (AvgIpc) is 3.20. The summed E-state index contributed by atoms with van der Waals surface area (Å²) in [4.78, 5) is 26.6. The van der Waals surface area contributed by atoms with Gasteiger partial charge in [-0.05, 0) is 6.07 Å². The number of ether oxygens (including phenoxy) is 2. The van der Waals surface area contributed by atoms with Gasteiger partial charge in [-0.15, -0.1) is 0 Å². The van der Waals surface area contributed by atoms with Crippen LogP contribution in [0, 0.1) is 0 Å². The van der Waals surface area contributed by atoms with Crippen molar-refractivity contribution in [3.8, 4) is 0 Å². The summed E-state index contributed by atoms with van der Waals surface area (Å²) < 4.78 is 13.0. The first-order valence-electron chi connectivity index (χ1n) is 8.28. The summed E-state index contributed by atoms with van der Waals surface area (Å²) in [5, 5.41) is 0.811. The second-order valence-electron chi connectivity index (χ2n) is 6.35. The van der Waals surface area contributed by atoms with E-state index in [-0.39, 0.29) is 11.8 Å². The van der Waals surface area contributed by atoms with Crippen molar-refractivity contribution in [2.45, 2.75) is 25.6 Å². The van der Waals surface area contributed by atoms with Gasteiger partial charge < -0.3 is 14.4 Å². The predicted molar refractivity (Wildman–Crippen MR) is 88.0 cm³/mol. The quantitative estimate of drug-likeness (QED) is 0.806. The highest BCUT2D eigenvalue weighted by molar-refractivity contribution is 6.09. The van der Waals surface area contributed by atoms with Gasteiger partial charge in [0.15, 0.2) is 5.79 Å². The number of likely N-dealkylation sites (tertiary alicyclic amines) is 1. The molecule has 2 aromatic rings. The number of para-hydroxylation sites is 1. The third kappa shape index (κ3) is 2.42. The SMILES string of the molecule is CC(=O)n1cc(C(=O)N2CCC3(CC2)OCCO3)c2ccccc21. The van der Waals surface area contributed by atoms with Crippen LogP contribution in [-0.2, 0) is 9.47 Å². The molecule has 0 N–H and O–H groups in total. The van der Waals surface area contributed by atoms with E-state index in [1.165, 1.54) is 11.5 Å². The zero-order valence-electron chi connectivity index (χ0n) is 13.7. The third-order valence-corrected chi connectivity index (χ3v) is 4.91. The molecule has 0 aliphatic carbocycles. The van der Waals surface area contributed by atoms with E-state index in [1.54, 1.807) is 6.20 Å². The van der Waals surface area contributed by atoms with Crippen molar-refractivity contribution < 1.29 is 19.1 Å². The molecular weight excluding hydrogens is 308 g/mol. The Balaban J connectivity index is 1.61. The smallest absolute Gasteiger partial charge is 0.256 e. The van der Waals surface area contributed by atoms with Crippen LogP contribution in [0.5, 0.6) is 0 Å². The number of benzene rings is 1. The van der Waals surface area contributed by atoms with Gasteiger partial charge >= 0.3 is 0 Å². The largest absolute Gasteiger partial charge is 0.347 e. The minimum absolute atomic E-state index is 0.0425. The van der Waals surface area contributed by atoms with E-state index < -0.39 is 5.79 Å². The van der Waals surface area contributed by atoms with Gasteiger partial charge in [-0.25, -0.2) is 0 Å². The maximum atomic E-state index is 13.0. The van der Waals surface area contributed by atoms with E-state index in [0.717, 1.165) is 10.9 Å². The number of carbonyl (C=O) groups is 2. The summed E-state index contributed by atoms with van der Waals surface area (Å²) >= 11 is 0. The molecule has 4 rings (SSSR count). The molecule has 1 aromatic carbocycles. The number of aromatic nitrogens is 1. The van der Waals surface area contributed by atoms with E-state index in [2.05, 4.69) is 0 Å². The Morgan fingerprint density at radius 1 is 1.08 bits per heavy atom. The van der Waals surface area contributed by atoms with Crippen LogP contribution in [0.4, 0.5) is 0 Å². The summed E-state index contributed by atoms with van der Waals surface area (Å²) in [5.74, 6) is -0.640. The summed E-state index contributed by atoms with van der Waals surface area (Å²) in [6, 6.07) is 7.50.